The van der Waals surface area contributed by atoms with E-state index in [1.165, 1.54) is 6.07 Å². The molecule has 0 nitrogen and oxygen atoms in total. The Morgan fingerprint density at radius 3 is 2.47 bits per heavy atom. The van der Waals surface area contributed by atoms with Crippen molar-refractivity contribution in [2.24, 2.45) is 0 Å². The van der Waals surface area contributed by atoms with E-state index in [0.717, 1.165) is 11.1 Å². The molecule has 2 aromatic rings. The molecule has 2 rings (SSSR count). The molecule has 0 aliphatic carbocycles. The second kappa shape index (κ2) is 4.03. The van der Waals surface area contributed by atoms with E-state index in [2.05, 4.69) is 0 Å². The summed E-state index contributed by atoms with van der Waals surface area (Å²) in [7, 11) is 0. The summed E-state index contributed by atoms with van der Waals surface area (Å²) in [5.74, 6) is -0.223. The molecule has 0 saturated heterocycles. The van der Waals surface area contributed by atoms with Gasteiger partial charge in [-0.3, -0.25) is 0 Å². The molecule has 2 aromatic carbocycles. The fourth-order valence-electron chi connectivity index (χ4n) is 1.59. The summed E-state index contributed by atoms with van der Waals surface area (Å²) >= 11 is 5.93. The standard InChI is InChI=1S/C13H10ClF/c1-9-6-10(8-11(14)7-9)12-4-2-3-5-13(12)15/h2-8H,1H3. The number of hydrogen-bond donors (Lipinski definition) is 0. The molecular formula is C13H10ClF. The number of benzene rings is 2. The monoisotopic (exact) mass is 220 g/mol. The highest BCUT2D eigenvalue weighted by Gasteiger charge is 2.04. The maximum Gasteiger partial charge on any atom is 0.131 e. The summed E-state index contributed by atoms with van der Waals surface area (Å²) in [5, 5.41) is 0.633. The molecule has 0 heterocycles. The van der Waals surface area contributed by atoms with Gasteiger partial charge in [0.05, 0.1) is 0 Å². The van der Waals surface area contributed by atoms with E-state index in [1.807, 2.05) is 25.1 Å². The molecule has 76 valence electrons. The Balaban J connectivity index is 2.59. The molecule has 0 unspecified atom stereocenters. The lowest BCUT2D eigenvalue weighted by Crippen LogP contribution is -1.84. The van der Waals surface area contributed by atoms with Crippen molar-refractivity contribution >= 4 is 11.6 Å². The minimum atomic E-state index is -0.223. The van der Waals surface area contributed by atoms with Gasteiger partial charge in [-0.15, -0.1) is 0 Å². The third-order valence-corrected chi connectivity index (χ3v) is 2.45. The van der Waals surface area contributed by atoms with Gasteiger partial charge < -0.3 is 0 Å². The van der Waals surface area contributed by atoms with Crippen LogP contribution in [-0.2, 0) is 0 Å². The summed E-state index contributed by atoms with van der Waals surface area (Å²) in [4.78, 5) is 0. The highest BCUT2D eigenvalue weighted by Crippen LogP contribution is 2.26. The van der Waals surface area contributed by atoms with E-state index in [0.29, 0.717) is 10.6 Å². The summed E-state index contributed by atoms with van der Waals surface area (Å²) < 4.78 is 13.5. The first-order valence-electron chi connectivity index (χ1n) is 4.69. The number of rotatable bonds is 1. The third-order valence-electron chi connectivity index (χ3n) is 2.23. The van der Waals surface area contributed by atoms with Crippen molar-refractivity contribution in [1.82, 2.24) is 0 Å². The smallest absolute Gasteiger partial charge is 0.131 e. The van der Waals surface area contributed by atoms with E-state index >= 15 is 0 Å². The highest BCUT2D eigenvalue weighted by atomic mass is 35.5. The van der Waals surface area contributed by atoms with E-state index in [4.69, 9.17) is 11.6 Å². The van der Waals surface area contributed by atoms with Crippen LogP contribution in [0, 0.1) is 12.7 Å². The van der Waals surface area contributed by atoms with Crippen LogP contribution in [0.1, 0.15) is 5.56 Å². The largest absolute Gasteiger partial charge is 0.206 e. The zero-order chi connectivity index (χ0) is 10.8. The zero-order valence-electron chi connectivity index (χ0n) is 8.30. The van der Waals surface area contributed by atoms with E-state index in [-0.39, 0.29) is 5.82 Å². The minimum absolute atomic E-state index is 0.223. The van der Waals surface area contributed by atoms with Gasteiger partial charge in [-0.05, 0) is 36.2 Å². The predicted octanol–water partition coefficient (Wildman–Crippen LogP) is 4.45. The van der Waals surface area contributed by atoms with Crippen molar-refractivity contribution in [3.8, 4) is 11.1 Å². The zero-order valence-corrected chi connectivity index (χ0v) is 9.05. The van der Waals surface area contributed by atoms with Crippen molar-refractivity contribution < 1.29 is 4.39 Å². The van der Waals surface area contributed by atoms with Gasteiger partial charge in [0.1, 0.15) is 5.82 Å². The van der Waals surface area contributed by atoms with Gasteiger partial charge in [0, 0.05) is 10.6 Å². The Labute approximate surface area is 93.3 Å². The molecule has 0 atom stereocenters. The summed E-state index contributed by atoms with van der Waals surface area (Å²) in [6.45, 7) is 1.94. The van der Waals surface area contributed by atoms with Crippen molar-refractivity contribution in [3.05, 3.63) is 58.9 Å². The Kier molecular flexibility index (Phi) is 2.74. The lowest BCUT2D eigenvalue weighted by Gasteiger charge is -2.05. The van der Waals surface area contributed by atoms with Gasteiger partial charge in [-0.2, -0.15) is 0 Å². The molecule has 0 aliphatic rings. The highest BCUT2D eigenvalue weighted by molar-refractivity contribution is 6.30. The molecular weight excluding hydrogens is 211 g/mol. The fraction of sp³-hybridized carbons (Fsp3) is 0.0769. The van der Waals surface area contributed by atoms with Crippen LogP contribution in [0.25, 0.3) is 11.1 Å². The molecule has 0 aliphatic heterocycles. The van der Waals surface area contributed by atoms with Crippen molar-refractivity contribution in [1.29, 1.82) is 0 Å². The van der Waals surface area contributed by atoms with Crippen LogP contribution in [0.4, 0.5) is 4.39 Å². The van der Waals surface area contributed by atoms with Crippen LogP contribution < -0.4 is 0 Å². The van der Waals surface area contributed by atoms with E-state index < -0.39 is 0 Å². The van der Waals surface area contributed by atoms with Crippen LogP contribution in [0.2, 0.25) is 5.02 Å². The molecule has 2 heteroatoms. The molecule has 0 amide bonds. The third kappa shape index (κ3) is 2.18. The van der Waals surface area contributed by atoms with Gasteiger partial charge >= 0.3 is 0 Å². The average molecular weight is 221 g/mol. The normalized spacial score (nSPS) is 10.3. The first kappa shape index (κ1) is 10.2. The first-order valence-corrected chi connectivity index (χ1v) is 5.07. The van der Waals surface area contributed by atoms with Gasteiger partial charge in [-0.25, -0.2) is 4.39 Å². The number of halogens is 2. The maximum atomic E-state index is 13.5. The summed E-state index contributed by atoms with van der Waals surface area (Å²) in [6, 6.07) is 12.2. The predicted molar refractivity (Wildman–Crippen MR) is 61.6 cm³/mol. The molecule has 0 radical (unpaired) electrons. The lowest BCUT2D eigenvalue weighted by molar-refractivity contribution is 0.631. The Hall–Kier alpha value is -1.34. The van der Waals surface area contributed by atoms with Gasteiger partial charge in [0.15, 0.2) is 0 Å². The molecule has 0 N–H and O–H groups in total. The van der Waals surface area contributed by atoms with Crippen molar-refractivity contribution in [2.75, 3.05) is 0 Å². The van der Waals surface area contributed by atoms with Crippen LogP contribution in [0.3, 0.4) is 0 Å². The molecule has 0 bridgehead atoms. The van der Waals surface area contributed by atoms with E-state index in [9.17, 15) is 4.39 Å². The molecule has 0 spiro atoms. The quantitative estimate of drug-likeness (QED) is 0.666. The lowest BCUT2D eigenvalue weighted by atomic mass is 10.0. The van der Waals surface area contributed by atoms with E-state index in [1.54, 1.807) is 18.2 Å². The fourth-order valence-corrected chi connectivity index (χ4v) is 1.88. The van der Waals surface area contributed by atoms with Crippen LogP contribution in [-0.4, -0.2) is 0 Å². The molecule has 0 aromatic heterocycles. The van der Waals surface area contributed by atoms with Gasteiger partial charge in [0.2, 0.25) is 0 Å². The molecule has 0 fully saturated rings. The van der Waals surface area contributed by atoms with Gasteiger partial charge in [0.25, 0.3) is 0 Å². The number of aryl methyl sites for hydroxylation is 1. The SMILES string of the molecule is Cc1cc(Cl)cc(-c2ccccc2F)c1. The Bertz CT molecular complexity index is 471. The van der Waals surface area contributed by atoms with Crippen molar-refractivity contribution in [3.63, 3.8) is 0 Å². The summed E-state index contributed by atoms with van der Waals surface area (Å²) in [5.41, 5.74) is 2.43. The Morgan fingerprint density at radius 2 is 1.80 bits per heavy atom. The van der Waals surface area contributed by atoms with Gasteiger partial charge in [-0.1, -0.05) is 35.9 Å². The summed E-state index contributed by atoms with van der Waals surface area (Å²) in [6.07, 6.45) is 0. The maximum absolute atomic E-state index is 13.5. The van der Waals surface area contributed by atoms with Crippen LogP contribution in [0.15, 0.2) is 42.5 Å². The van der Waals surface area contributed by atoms with Crippen LogP contribution in [0.5, 0.6) is 0 Å². The average Bonchev–Trinajstić information content (AvgIpc) is 2.16. The van der Waals surface area contributed by atoms with Crippen molar-refractivity contribution in [2.45, 2.75) is 6.92 Å². The molecule has 0 saturated carbocycles. The number of hydrogen-bond acceptors (Lipinski definition) is 0. The molecule has 15 heavy (non-hydrogen) atoms. The second-order valence-electron chi connectivity index (χ2n) is 3.50. The second-order valence-corrected chi connectivity index (χ2v) is 3.93. The topological polar surface area (TPSA) is 0 Å². The Morgan fingerprint density at radius 1 is 1.07 bits per heavy atom. The first-order chi connectivity index (χ1) is 7.16. The minimum Gasteiger partial charge on any atom is -0.206 e. The van der Waals surface area contributed by atoms with Crippen LogP contribution >= 0.6 is 11.6 Å².